The highest BCUT2D eigenvalue weighted by molar-refractivity contribution is 7.89. The lowest BCUT2D eigenvalue weighted by Crippen LogP contribution is -2.48. The van der Waals surface area contributed by atoms with Gasteiger partial charge in [-0.3, -0.25) is 9.69 Å². The van der Waals surface area contributed by atoms with Gasteiger partial charge in [-0.1, -0.05) is 13.8 Å². The number of piperazine rings is 1. The van der Waals surface area contributed by atoms with Crippen LogP contribution in [0.3, 0.4) is 0 Å². The first-order valence-corrected chi connectivity index (χ1v) is 15.7. The highest BCUT2D eigenvalue weighted by Crippen LogP contribution is 2.32. The van der Waals surface area contributed by atoms with Crippen molar-refractivity contribution in [1.29, 1.82) is 0 Å². The maximum atomic E-state index is 13.6. The molecule has 1 aromatic carbocycles. The first-order chi connectivity index (χ1) is 19.3. The van der Waals surface area contributed by atoms with Crippen LogP contribution in [-0.4, -0.2) is 103 Å². The Bertz CT molecular complexity index is 1490. The molecule has 5 rings (SSSR count). The number of likely N-dealkylation sites (N-methyl/N-ethyl adjacent to an activating group) is 1. The highest BCUT2D eigenvalue weighted by atomic mass is 32.2. The minimum Gasteiger partial charge on any atom is -0.493 e. The van der Waals surface area contributed by atoms with Crippen LogP contribution in [0.2, 0.25) is 0 Å². The summed E-state index contributed by atoms with van der Waals surface area (Å²) in [5.74, 6) is 0.768. The largest absolute Gasteiger partial charge is 0.493 e. The summed E-state index contributed by atoms with van der Waals surface area (Å²) in [5.41, 5.74) is 1.73. The third-order valence-corrected chi connectivity index (χ3v) is 9.58. The van der Waals surface area contributed by atoms with Crippen LogP contribution in [0.25, 0.3) is 22.4 Å². The van der Waals surface area contributed by atoms with Gasteiger partial charge < -0.3 is 23.9 Å². The van der Waals surface area contributed by atoms with Crippen molar-refractivity contribution in [2.45, 2.75) is 45.2 Å². The van der Waals surface area contributed by atoms with Gasteiger partial charge in [0, 0.05) is 58.6 Å². The van der Waals surface area contributed by atoms with E-state index in [1.165, 1.54) is 4.31 Å². The monoisotopic (exact) mass is 572 g/mol. The van der Waals surface area contributed by atoms with E-state index >= 15 is 0 Å². The first-order valence-electron chi connectivity index (χ1n) is 14.3. The smallest absolute Gasteiger partial charge is 0.260 e. The molecule has 2 saturated heterocycles. The molecule has 3 aromatic rings. The molecule has 2 aliphatic rings. The molecule has 1 N–H and O–H groups in total. The molecule has 0 amide bonds. The van der Waals surface area contributed by atoms with E-state index in [1.807, 2.05) is 17.7 Å². The molecule has 0 unspecified atom stereocenters. The van der Waals surface area contributed by atoms with Crippen LogP contribution < -0.4 is 10.3 Å². The average molecular weight is 573 g/mol. The number of sulfonamides is 1. The van der Waals surface area contributed by atoms with Crippen LogP contribution >= 0.6 is 0 Å². The molecular weight excluding hydrogens is 532 g/mol. The summed E-state index contributed by atoms with van der Waals surface area (Å²) in [6.45, 7) is 14.0. The molecule has 218 valence electrons. The van der Waals surface area contributed by atoms with Crippen LogP contribution in [0.15, 0.2) is 34.1 Å². The fourth-order valence-electron chi connectivity index (χ4n) is 5.50. The Morgan fingerprint density at radius 2 is 1.77 bits per heavy atom. The van der Waals surface area contributed by atoms with Crippen molar-refractivity contribution in [2.24, 2.45) is 0 Å². The van der Waals surface area contributed by atoms with Crippen molar-refractivity contribution < 1.29 is 17.9 Å². The Hall–Kier alpha value is -2.77. The topological polar surface area (TPSA) is 113 Å². The minimum absolute atomic E-state index is 0.163. The maximum Gasteiger partial charge on any atom is 0.260 e. The van der Waals surface area contributed by atoms with Crippen LogP contribution in [0.4, 0.5) is 0 Å². The number of nitrogens with zero attached hydrogens (tertiary/aromatic N) is 5. The third-order valence-electron chi connectivity index (χ3n) is 7.69. The molecular formula is C28H40N6O5S. The van der Waals surface area contributed by atoms with Crippen molar-refractivity contribution in [2.75, 3.05) is 65.6 Å². The summed E-state index contributed by atoms with van der Waals surface area (Å²) >= 11 is 0. The number of aromatic nitrogens is 3. The van der Waals surface area contributed by atoms with Crippen LogP contribution in [0.5, 0.6) is 5.75 Å². The highest BCUT2D eigenvalue weighted by Gasteiger charge is 2.29. The lowest BCUT2D eigenvalue weighted by atomic mass is 10.1. The molecule has 12 heteroatoms. The number of nitrogens with one attached hydrogen (secondary N) is 1. The van der Waals surface area contributed by atoms with Gasteiger partial charge in [-0.05, 0) is 43.7 Å². The lowest BCUT2D eigenvalue weighted by molar-refractivity contribution is 0.0343. The summed E-state index contributed by atoms with van der Waals surface area (Å²) in [5, 5.41) is 0.569. The molecule has 4 heterocycles. The van der Waals surface area contributed by atoms with Gasteiger partial charge in [0.2, 0.25) is 10.0 Å². The number of rotatable bonds is 10. The maximum absolute atomic E-state index is 13.6. The zero-order chi connectivity index (χ0) is 28.3. The van der Waals surface area contributed by atoms with E-state index in [4.69, 9.17) is 14.5 Å². The number of hydrogen-bond donors (Lipinski definition) is 1. The number of H-pyrrole nitrogens is 1. The minimum atomic E-state index is -3.73. The second kappa shape index (κ2) is 12.4. The van der Waals surface area contributed by atoms with Crippen LogP contribution in [0, 0.1) is 0 Å². The second-order valence-electron chi connectivity index (χ2n) is 10.3. The number of morpholine rings is 1. The van der Waals surface area contributed by atoms with Gasteiger partial charge in [-0.2, -0.15) is 4.31 Å². The zero-order valence-corrected chi connectivity index (χ0v) is 24.5. The molecule has 11 nitrogen and oxygen atoms in total. The molecule has 0 spiro atoms. The van der Waals surface area contributed by atoms with E-state index in [0.717, 1.165) is 31.6 Å². The lowest BCUT2D eigenvalue weighted by Gasteiger charge is -2.33. The summed E-state index contributed by atoms with van der Waals surface area (Å²) in [6, 6.07) is 4.82. The Labute approximate surface area is 235 Å². The molecule has 0 saturated carbocycles. The van der Waals surface area contributed by atoms with Gasteiger partial charge in [0.25, 0.3) is 5.56 Å². The number of aryl methyl sites for hydroxylation is 1. The molecule has 2 aromatic heterocycles. The molecule has 0 atom stereocenters. The van der Waals surface area contributed by atoms with Gasteiger partial charge in [0.15, 0.2) is 0 Å². The standard InChI is InChI=1S/C28H40N6O5S/c1-4-9-33-20-21(19-32-14-16-38-17-15-32)25-27(33)29-26(30-28(25)35)23-18-22(7-8-24(23)39-6-3)40(36,37)34-12-10-31(5-2)11-13-34/h7-8,18,20H,4-6,9-17,19H2,1-3H3,(H,29,30,35). The van der Waals surface area contributed by atoms with Crippen molar-refractivity contribution in [3.05, 3.63) is 40.3 Å². The van der Waals surface area contributed by atoms with Gasteiger partial charge in [0.1, 0.15) is 17.2 Å². The average Bonchev–Trinajstić information content (AvgIpc) is 3.31. The third kappa shape index (κ3) is 5.82. The van der Waals surface area contributed by atoms with Gasteiger partial charge in [0.05, 0.1) is 35.7 Å². The van der Waals surface area contributed by atoms with E-state index in [1.54, 1.807) is 18.2 Å². The Morgan fingerprint density at radius 3 is 2.45 bits per heavy atom. The van der Waals surface area contributed by atoms with Crippen molar-refractivity contribution in [3.8, 4) is 17.1 Å². The van der Waals surface area contributed by atoms with E-state index in [9.17, 15) is 13.2 Å². The Kier molecular flexibility index (Phi) is 8.91. The van der Waals surface area contributed by atoms with Gasteiger partial charge >= 0.3 is 0 Å². The van der Waals surface area contributed by atoms with E-state index in [-0.39, 0.29) is 10.5 Å². The van der Waals surface area contributed by atoms with E-state index in [2.05, 4.69) is 28.6 Å². The fourth-order valence-corrected chi connectivity index (χ4v) is 6.95. The molecule has 0 bridgehead atoms. The predicted octanol–water partition coefficient (Wildman–Crippen LogP) is 2.36. The van der Waals surface area contributed by atoms with Gasteiger partial charge in [-0.15, -0.1) is 0 Å². The Balaban J connectivity index is 1.56. The van der Waals surface area contributed by atoms with Crippen molar-refractivity contribution in [3.63, 3.8) is 0 Å². The summed E-state index contributed by atoms with van der Waals surface area (Å²) in [4.78, 5) is 26.1. The summed E-state index contributed by atoms with van der Waals surface area (Å²) < 4.78 is 42.1. The normalized spacial score (nSPS) is 18.0. The summed E-state index contributed by atoms with van der Waals surface area (Å²) in [6.07, 6.45) is 2.91. The fraction of sp³-hybridized carbons (Fsp3) is 0.571. The number of hydrogen-bond acceptors (Lipinski definition) is 8. The zero-order valence-electron chi connectivity index (χ0n) is 23.7. The van der Waals surface area contributed by atoms with E-state index in [0.29, 0.717) is 87.3 Å². The Morgan fingerprint density at radius 1 is 1.02 bits per heavy atom. The molecule has 2 fully saturated rings. The number of benzene rings is 1. The van der Waals surface area contributed by atoms with Crippen LogP contribution in [-0.2, 0) is 27.8 Å². The SMILES string of the molecule is CCCn1cc(CN2CCOCC2)c2c(=O)[nH]c(-c3cc(S(=O)(=O)N4CCN(CC)CC4)ccc3OCC)nc21. The number of ether oxygens (including phenoxy) is 2. The van der Waals surface area contributed by atoms with Gasteiger partial charge in [-0.25, -0.2) is 13.4 Å². The number of fused-ring (bicyclic) bond motifs is 1. The number of aromatic amines is 1. The second-order valence-corrected chi connectivity index (χ2v) is 12.2. The van der Waals surface area contributed by atoms with Crippen molar-refractivity contribution in [1.82, 2.24) is 28.6 Å². The molecule has 40 heavy (non-hydrogen) atoms. The summed E-state index contributed by atoms with van der Waals surface area (Å²) in [7, 11) is -3.73. The molecule has 2 aliphatic heterocycles. The quantitative estimate of drug-likeness (QED) is 0.394. The van der Waals surface area contributed by atoms with E-state index < -0.39 is 10.0 Å². The molecule has 0 aliphatic carbocycles. The predicted molar refractivity (Wildman–Crippen MR) is 154 cm³/mol. The molecule has 0 radical (unpaired) electrons. The van der Waals surface area contributed by atoms with Crippen LogP contribution in [0.1, 0.15) is 32.8 Å². The van der Waals surface area contributed by atoms with Crippen molar-refractivity contribution >= 4 is 21.1 Å². The first kappa shape index (κ1) is 28.7.